The molecule has 1 atom stereocenters. The number of nitrogens with zero attached hydrogens (tertiary/aromatic N) is 2. The Balaban J connectivity index is 2.40. The molecule has 0 spiro atoms. The topological polar surface area (TPSA) is 96.0 Å². The molecule has 10 heteroatoms. The van der Waals surface area contributed by atoms with Gasteiger partial charge in [0.1, 0.15) is 18.3 Å². The fourth-order valence-corrected chi connectivity index (χ4v) is 4.55. The molecule has 0 aliphatic carbocycles. The van der Waals surface area contributed by atoms with Crippen molar-refractivity contribution < 1.29 is 22.7 Å². The Labute approximate surface area is 213 Å². The molecule has 0 heterocycles. The van der Waals surface area contributed by atoms with Crippen molar-refractivity contribution in [3.05, 3.63) is 59.1 Å². The first-order chi connectivity index (χ1) is 16.5. The van der Waals surface area contributed by atoms with Crippen LogP contribution < -0.4 is 14.4 Å². The third-order valence-electron chi connectivity index (χ3n) is 5.20. The van der Waals surface area contributed by atoms with Crippen LogP contribution in [-0.2, 0) is 26.2 Å². The molecule has 0 saturated carbocycles. The molecule has 192 valence electrons. The monoisotopic (exact) mass is 523 g/mol. The highest BCUT2D eigenvalue weighted by atomic mass is 35.5. The van der Waals surface area contributed by atoms with Gasteiger partial charge in [0.2, 0.25) is 21.8 Å². The van der Waals surface area contributed by atoms with Gasteiger partial charge in [-0.2, -0.15) is 0 Å². The van der Waals surface area contributed by atoms with E-state index < -0.39 is 28.5 Å². The Kier molecular flexibility index (Phi) is 10.4. The number of hydrogen-bond acceptors (Lipinski definition) is 5. The van der Waals surface area contributed by atoms with Gasteiger partial charge in [-0.1, -0.05) is 30.7 Å². The van der Waals surface area contributed by atoms with E-state index in [1.807, 2.05) is 27.7 Å². The number of benzene rings is 2. The van der Waals surface area contributed by atoms with E-state index >= 15 is 0 Å². The third kappa shape index (κ3) is 8.43. The number of carbonyl (C=O) groups excluding carboxylic acids is 2. The normalized spacial score (nSPS) is 12.2. The largest absolute Gasteiger partial charge is 0.494 e. The summed E-state index contributed by atoms with van der Waals surface area (Å²) in [6, 6.07) is 12.6. The van der Waals surface area contributed by atoms with E-state index in [0.717, 1.165) is 16.1 Å². The minimum Gasteiger partial charge on any atom is -0.494 e. The maximum Gasteiger partial charge on any atom is 0.244 e. The minimum atomic E-state index is -3.79. The summed E-state index contributed by atoms with van der Waals surface area (Å²) in [5, 5.41) is 3.41. The second-order valence-electron chi connectivity index (χ2n) is 8.43. The second kappa shape index (κ2) is 12.8. The van der Waals surface area contributed by atoms with Crippen LogP contribution >= 0.6 is 11.6 Å². The van der Waals surface area contributed by atoms with Crippen LogP contribution in [0.2, 0.25) is 5.02 Å². The van der Waals surface area contributed by atoms with Crippen molar-refractivity contribution in [1.82, 2.24) is 10.2 Å². The van der Waals surface area contributed by atoms with Gasteiger partial charge in [0.15, 0.2) is 0 Å². The molecule has 2 rings (SSSR count). The lowest BCUT2D eigenvalue weighted by molar-refractivity contribution is -0.140. The number of sulfonamides is 1. The highest BCUT2D eigenvalue weighted by Crippen LogP contribution is 2.23. The highest BCUT2D eigenvalue weighted by molar-refractivity contribution is 7.92. The van der Waals surface area contributed by atoms with Gasteiger partial charge in [-0.05, 0) is 69.2 Å². The summed E-state index contributed by atoms with van der Waals surface area (Å²) in [6.07, 6.45) is 1.41. The third-order valence-corrected chi connectivity index (χ3v) is 6.59. The van der Waals surface area contributed by atoms with Crippen molar-refractivity contribution in [3.8, 4) is 5.75 Å². The predicted molar refractivity (Wildman–Crippen MR) is 139 cm³/mol. The highest BCUT2D eigenvalue weighted by Gasteiger charge is 2.32. The van der Waals surface area contributed by atoms with Crippen LogP contribution in [0.15, 0.2) is 48.5 Å². The van der Waals surface area contributed by atoms with Gasteiger partial charge < -0.3 is 15.0 Å². The molecule has 8 nitrogen and oxygen atoms in total. The summed E-state index contributed by atoms with van der Waals surface area (Å²) in [7, 11) is -3.79. The van der Waals surface area contributed by atoms with E-state index in [-0.39, 0.29) is 18.5 Å². The first kappa shape index (κ1) is 28.5. The maximum atomic E-state index is 13.6. The predicted octanol–water partition coefficient (Wildman–Crippen LogP) is 3.84. The number of ether oxygens (including phenoxy) is 1. The van der Waals surface area contributed by atoms with E-state index in [1.165, 1.54) is 4.90 Å². The second-order valence-corrected chi connectivity index (χ2v) is 10.8. The molecule has 1 N–H and O–H groups in total. The van der Waals surface area contributed by atoms with Crippen LogP contribution in [-0.4, -0.2) is 56.6 Å². The van der Waals surface area contributed by atoms with Gasteiger partial charge in [-0.25, -0.2) is 8.42 Å². The number of halogens is 1. The lowest BCUT2D eigenvalue weighted by Crippen LogP contribution is -2.53. The Morgan fingerprint density at radius 2 is 1.63 bits per heavy atom. The Bertz CT molecular complexity index is 1090. The number of carbonyl (C=O) groups is 2. The van der Waals surface area contributed by atoms with Crippen LogP contribution in [0.1, 0.15) is 39.7 Å². The van der Waals surface area contributed by atoms with Crippen molar-refractivity contribution in [3.63, 3.8) is 0 Å². The number of anilines is 1. The van der Waals surface area contributed by atoms with Gasteiger partial charge in [0.25, 0.3) is 0 Å². The van der Waals surface area contributed by atoms with Gasteiger partial charge in [-0.15, -0.1) is 0 Å². The Morgan fingerprint density at radius 1 is 1.03 bits per heavy atom. The van der Waals surface area contributed by atoms with Gasteiger partial charge >= 0.3 is 0 Å². The Morgan fingerprint density at radius 3 is 2.11 bits per heavy atom. The van der Waals surface area contributed by atoms with E-state index in [1.54, 1.807) is 48.5 Å². The summed E-state index contributed by atoms with van der Waals surface area (Å²) >= 11 is 6.00. The average Bonchev–Trinajstić information content (AvgIpc) is 2.78. The fraction of sp³-hybridized carbons (Fsp3) is 0.440. The molecule has 0 fully saturated rings. The summed E-state index contributed by atoms with van der Waals surface area (Å²) in [6.45, 7) is 7.50. The number of nitrogens with one attached hydrogen (secondary N) is 1. The minimum absolute atomic E-state index is 0.111. The molecule has 2 aromatic carbocycles. The summed E-state index contributed by atoms with van der Waals surface area (Å²) in [4.78, 5) is 28.0. The molecule has 2 amide bonds. The van der Waals surface area contributed by atoms with E-state index in [4.69, 9.17) is 16.3 Å². The zero-order chi connectivity index (χ0) is 26.2. The first-order valence-electron chi connectivity index (χ1n) is 11.5. The number of rotatable bonds is 12. The summed E-state index contributed by atoms with van der Waals surface area (Å²) in [5.41, 5.74) is 1.10. The zero-order valence-electron chi connectivity index (χ0n) is 20.8. The first-order valence-corrected chi connectivity index (χ1v) is 13.7. The molecular formula is C25H34ClN3O5S. The molecule has 2 aromatic rings. The van der Waals surface area contributed by atoms with Crippen LogP contribution in [0.25, 0.3) is 0 Å². The molecule has 0 radical (unpaired) electrons. The van der Waals surface area contributed by atoms with E-state index in [9.17, 15) is 18.0 Å². The average molecular weight is 524 g/mol. The standard InChI is InChI=1S/C25H34ClN3O5S/c1-6-23(25(31)27-18(3)4)28(16-19-8-10-20(26)11-9-19)24(30)17-29(35(5,32)33)21-12-14-22(15-13-21)34-7-2/h8-15,18,23H,6-7,16-17H2,1-5H3,(H,27,31)/t23-/m0/s1. The van der Waals surface area contributed by atoms with E-state index in [0.29, 0.717) is 29.5 Å². The SMILES string of the molecule is CCOc1ccc(N(CC(=O)N(Cc2ccc(Cl)cc2)[C@@H](CC)C(=O)NC(C)C)S(C)(=O)=O)cc1. The molecule has 35 heavy (non-hydrogen) atoms. The molecule has 0 bridgehead atoms. The van der Waals surface area contributed by atoms with Crippen molar-refractivity contribution in [2.45, 2.75) is 52.7 Å². The van der Waals surface area contributed by atoms with Crippen molar-refractivity contribution in [1.29, 1.82) is 0 Å². The zero-order valence-corrected chi connectivity index (χ0v) is 22.4. The molecule has 0 aromatic heterocycles. The number of hydrogen-bond donors (Lipinski definition) is 1. The van der Waals surface area contributed by atoms with Crippen LogP contribution in [0.4, 0.5) is 5.69 Å². The Hall–Kier alpha value is -2.78. The maximum absolute atomic E-state index is 13.6. The van der Waals surface area contributed by atoms with Crippen molar-refractivity contribution in [2.75, 3.05) is 23.7 Å². The summed E-state index contributed by atoms with van der Waals surface area (Å²) < 4.78 is 31.8. The molecule has 0 aliphatic heterocycles. The van der Waals surface area contributed by atoms with Gasteiger partial charge in [-0.3, -0.25) is 13.9 Å². The molecular weight excluding hydrogens is 490 g/mol. The van der Waals surface area contributed by atoms with Crippen LogP contribution in [0, 0.1) is 0 Å². The quantitative estimate of drug-likeness (QED) is 0.456. The smallest absolute Gasteiger partial charge is 0.244 e. The van der Waals surface area contributed by atoms with Gasteiger partial charge in [0, 0.05) is 17.6 Å². The van der Waals surface area contributed by atoms with Crippen molar-refractivity contribution >= 4 is 39.1 Å². The van der Waals surface area contributed by atoms with E-state index in [2.05, 4.69) is 5.32 Å². The molecule has 0 saturated heterocycles. The van der Waals surface area contributed by atoms with Gasteiger partial charge in [0.05, 0.1) is 18.6 Å². The summed E-state index contributed by atoms with van der Waals surface area (Å²) in [5.74, 6) is -0.196. The fourth-order valence-electron chi connectivity index (χ4n) is 3.58. The number of amides is 2. The van der Waals surface area contributed by atoms with Crippen molar-refractivity contribution in [2.24, 2.45) is 0 Å². The molecule has 0 aliphatic rings. The molecule has 0 unspecified atom stereocenters. The van der Waals surface area contributed by atoms with Crippen LogP contribution in [0.3, 0.4) is 0 Å². The lowest BCUT2D eigenvalue weighted by atomic mass is 10.1. The van der Waals surface area contributed by atoms with Crippen LogP contribution in [0.5, 0.6) is 5.75 Å². The lowest BCUT2D eigenvalue weighted by Gasteiger charge is -2.33.